The molecule has 0 aliphatic heterocycles. The Balaban J connectivity index is 2.00. The summed E-state index contributed by atoms with van der Waals surface area (Å²) in [5.74, 6) is 0.647. The highest BCUT2D eigenvalue weighted by molar-refractivity contribution is 7.99. The molecule has 2 aromatic rings. The van der Waals surface area contributed by atoms with E-state index >= 15 is 0 Å². The Morgan fingerprint density at radius 3 is 2.52 bits per heavy atom. The van der Waals surface area contributed by atoms with Crippen molar-refractivity contribution in [2.24, 2.45) is 0 Å². The first-order chi connectivity index (χ1) is 10.1. The Morgan fingerprint density at radius 1 is 1.14 bits per heavy atom. The van der Waals surface area contributed by atoms with Crippen molar-refractivity contribution in [3.05, 3.63) is 74.8 Å². The molecule has 6 heteroatoms. The summed E-state index contributed by atoms with van der Waals surface area (Å²) in [6.07, 6.45) is 0. The maximum atomic E-state index is 11.9. The monoisotopic (exact) mass is 321 g/mol. The van der Waals surface area contributed by atoms with Crippen molar-refractivity contribution >= 4 is 34.8 Å². The molecule has 0 unspecified atom stereocenters. The van der Waals surface area contributed by atoms with Crippen LogP contribution in [0.1, 0.15) is 15.9 Å². The van der Waals surface area contributed by atoms with E-state index < -0.39 is 4.92 Å². The number of thioether (sulfide) groups is 1. The first-order valence-electron chi connectivity index (χ1n) is 6.17. The Labute approximate surface area is 131 Å². The summed E-state index contributed by atoms with van der Waals surface area (Å²) in [4.78, 5) is 22.5. The number of para-hydroxylation sites is 1. The number of rotatable bonds is 6. The molecule has 4 nitrogen and oxygen atoms in total. The summed E-state index contributed by atoms with van der Waals surface area (Å²) in [6, 6.07) is 13.8. The fourth-order valence-electron chi connectivity index (χ4n) is 1.84. The Hall–Kier alpha value is -1.85. The topological polar surface area (TPSA) is 60.2 Å². The minimum Gasteiger partial charge on any atom is -0.293 e. The van der Waals surface area contributed by atoms with Gasteiger partial charge in [-0.25, -0.2) is 0 Å². The molecule has 2 aromatic carbocycles. The molecule has 0 heterocycles. The standard InChI is InChI=1S/C15H12ClNO3S/c16-13-8-4-7-12(15(13)17(19)20)9-21-10-14(18)11-5-2-1-3-6-11/h1-8H,9-10H2. The summed E-state index contributed by atoms with van der Waals surface area (Å²) >= 11 is 7.18. The van der Waals surface area contributed by atoms with Gasteiger partial charge in [-0.05, 0) is 6.07 Å². The zero-order chi connectivity index (χ0) is 15.2. The maximum Gasteiger partial charge on any atom is 0.291 e. The molecule has 0 aliphatic carbocycles. The van der Waals surface area contributed by atoms with Crippen LogP contribution in [0.3, 0.4) is 0 Å². The number of halogens is 1. The number of carbonyl (C=O) groups is 1. The van der Waals surface area contributed by atoms with Gasteiger partial charge in [-0.1, -0.05) is 54.1 Å². The van der Waals surface area contributed by atoms with E-state index in [0.717, 1.165) is 0 Å². The Morgan fingerprint density at radius 2 is 1.86 bits per heavy atom. The van der Waals surface area contributed by atoms with Gasteiger partial charge in [0.15, 0.2) is 5.78 Å². The van der Waals surface area contributed by atoms with Crippen molar-refractivity contribution in [2.75, 3.05) is 5.75 Å². The summed E-state index contributed by atoms with van der Waals surface area (Å²) in [7, 11) is 0. The summed E-state index contributed by atoms with van der Waals surface area (Å²) in [6.45, 7) is 0. The molecule has 0 radical (unpaired) electrons. The lowest BCUT2D eigenvalue weighted by molar-refractivity contribution is -0.385. The molecule has 0 N–H and O–H groups in total. The molecular formula is C15H12ClNO3S. The van der Waals surface area contributed by atoms with Crippen molar-refractivity contribution in [3.8, 4) is 0 Å². The van der Waals surface area contributed by atoms with Crippen molar-refractivity contribution in [1.82, 2.24) is 0 Å². The van der Waals surface area contributed by atoms with Gasteiger partial charge in [0.25, 0.3) is 5.69 Å². The number of nitrogens with zero attached hydrogens (tertiary/aromatic N) is 1. The maximum absolute atomic E-state index is 11.9. The van der Waals surface area contributed by atoms with Crippen LogP contribution in [0.4, 0.5) is 5.69 Å². The van der Waals surface area contributed by atoms with Crippen LogP contribution in [0.2, 0.25) is 5.02 Å². The molecular weight excluding hydrogens is 310 g/mol. The molecule has 0 amide bonds. The molecule has 21 heavy (non-hydrogen) atoms. The predicted octanol–water partition coefficient (Wildman–Crippen LogP) is 4.36. The number of nitro benzene ring substituents is 1. The molecule has 0 aromatic heterocycles. The smallest absolute Gasteiger partial charge is 0.291 e. The van der Waals surface area contributed by atoms with Crippen LogP contribution >= 0.6 is 23.4 Å². The third-order valence-corrected chi connectivity index (χ3v) is 4.13. The highest BCUT2D eigenvalue weighted by atomic mass is 35.5. The molecule has 0 aliphatic rings. The van der Waals surface area contributed by atoms with Gasteiger partial charge in [0.2, 0.25) is 0 Å². The van der Waals surface area contributed by atoms with E-state index in [1.807, 2.05) is 6.07 Å². The molecule has 2 rings (SSSR count). The van der Waals surface area contributed by atoms with E-state index in [0.29, 0.717) is 16.9 Å². The minimum absolute atomic E-state index is 0.00489. The van der Waals surface area contributed by atoms with Gasteiger partial charge in [0.05, 0.1) is 10.7 Å². The molecule has 108 valence electrons. The Kier molecular flexibility index (Phi) is 5.36. The highest BCUT2D eigenvalue weighted by Crippen LogP contribution is 2.30. The largest absolute Gasteiger partial charge is 0.293 e. The molecule has 0 saturated heterocycles. The lowest BCUT2D eigenvalue weighted by atomic mass is 10.2. The predicted molar refractivity (Wildman–Crippen MR) is 85.0 cm³/mol. The molecule has 0 spiro atoms. The fraction of sp³-hybridized carbons (Fsp3) is 0.133. The molecule has 0 atom stereocenters. The van der Waals surface area contributed by atoms with Crippen LogP contribution in [-0.4, -0.2) is 16.5 Å². The first kappa shape index (κ1) is 15.5. The second-order valence-electron chi connectivity index (χ2n) is 4.29. The van der Waals surface area contributed by atoms with Gasteiger partial charge in [-0.2, -0.15) is 0 Å². The van der Waals surface area contributed by atoms with Crippen LogP contribution in [0.5, 0.6) is 0 Å². The zero-order valence-electron chi connectivity index (χ0n) is 11.0. The second kappa shape index (κ2) is 7.24. The van der Waals surface area contributed by atoms with Crippen LogP contribution in [-0.2, 0) is 5.75 Å². The van der Waals surface area contributed by atoms with Gasteiger partial charge >= 0.3 is 0 Å². The van der Waals surface area contributed by atoms with Gasteiger partial charge in [0, 0.05) is 16.9 Å². The number of carbonyl (C=O) groups excluding carboxylic acids is 1. The van der Waals surface area contributed by atoms with Crippen LogP contribution in [0, 0.1) is 10.1 Å². The van der Waals surface area contributed by atoms with Crippen LogP contribution < -0.4 is 0 Å². The van der Waals surface area contributed by atoms with Gasteiger partial charge in [0.1, 0.15) is 5.02 Å². The lowest BCUT2D eigenvalue weighted by Crippen LogP contribution is -2.03. The fourth-order valence-corrected chi connectivity index (χ4v) is 3.01. The van der Waals surface area contributed by atoms with E-state index in [1.165, 1.54) is 17.8 Å². The van der Waals surface area contributed by atoms with Crippen molar-refractivity contribution in [1.29, 1.82) is 0 Å². The van der Waals surface area contributed by atoms with Gasteiger partial charge < -0.3 is 0 Å². The average Bonchev–Trinajstić information content (AvgIpc) is 2.47. The molecule has 0 saturated carbocycles. The quantitative estimate of drug-likeness (QED) is 0.450. The van der Waals surface area contributed by atoms with Crippen molar-refractivity contribution in [2.45, 2.75) is 5.75 Å². The summed E-state index contributed by atoms with van der Waals surface area (Å²) < 4.78 is 0. The summed E-state index contributed by atoms with van der Waals surface area (Å²) in [5, 5.41) is 11.1. The third-order valence-electron chi connectivity index (χ3n) is 2.84. The number of ketones is 1. The molecule has 0 bridgehead atoms. The van der Waals surface area contributed by atoms with E-state index in [1.54, 1.807) is 36.4 Å². The number of nitro groups is 1. The lowest BCUT2D eigenvalue weighted by Gasteiger charge is -2.04. The van der Waals surface area contributed by atoms with E-state index in [9.17, 15) is 14.9 Å². The highest BCUT2D eigenvalue weighted by Gasteiger charge is 2.18. The van der Waals surface area contributed by atoms with E-state index in [-0.39, 0.29) is 22.2 Å². The van der Waals surface area contributed by atoms with E-state index in [4.69, 9.17) is 11.6 Å². The van der Waals surface area contributed by atoms with Gasteiger partial charge in [-0.15, -0.1) is 11.8 Å². The van der Waals surface area contributed by atoms with Gasteiger partial charge in [-0.3, -0.25) is 14.9 Å². The van der Waals surface area contributed by atoms with Crippen molar-refractivity contribution < 1.29 is 9.72 Å². The van der Waals surface area contributed by atoms with E-state index in [2.05, 4.69) is 0 Å². The van der Waals surface area contributed by atoms with Crippen molar-refractivity contribution in [3.63, 3.8) is 0 Å². The normalized spacial score (nSPS) is 10.3. The molecule has 0 fully saturated rings. The third kappa shape index (κ3) is 4.06. The first-order valence-corrected chi connectivity index (χ1v) is 7.70. The van der Waals surface area contributed by atoms with Crippen LogP contribution in [0.15, 0.2) is 48.5 Å². The summed E-state index contributed by atoms with van der Waals surface area (Å²) in [5.41, 5.74) is 1.09. The minimum atomic E-state index is -0.489. The number of Topliss-reactive ketones (excluding diaryl/α,β-unsaturated/α-hetero) is 1. The van der Waals surface area contributed by atoms with Crippen LogP contribution in [0.25, 0.3) is 0 Å². The number of benzene rings is 2. The number of hydrogen-bond acceptors (Lipinski definition) is 4. The number of hydrogen-bond donors (Lipinski definition) is 0. The average molecular weight is 322 g/mol. The SMILES string of the molecule is O=C(CSCc1cccc(Cl)c1[N+](=O)[O-])c1ccccc1. The Bertz CT molecular complexity index is 661. The zero-order valence-corrected chi connectivity index (χ0v) is 12.6. The second-order valence-corrected chi connectivity index (χ2v) is 5.68.